The van der Waals surface area contributed by atoms with Crippen molar-refractivity contribution in [3.63, 3.8) is 0 Å². The number of unbranched alkanes of at least 4 members (excludes halogenated alkanes) is 6. The molecule has 1 heteroatoms. The van der Waals surface area contributed by atoms with Gasteiger partial charge in [-0.3, -0.25) is 0 Å². The molecule has 0 heterocycles. The van der Waals surface area contributed by atoms with E-state index in [0.29, 0.717) is 0 Å². The maximum Gasteiger partial charge on any atom is 0.0336 e. The Kier molecular flexibility index (Phi) is 9.61. The van der Waals surface area contributed by atoms with Crippen molar-refractivity contribution in [2.45, 2.75) is 63.7 Å². The van der Waals surface area contributed by atoms with Crippen LogP contribution < -0.4 is 0 Å². The molecule has 0 aliphatic rings. The maximum atomic E-state index is 5.73. The van der Waals surface area contributed by atoms with Gasteiger partial charge in [0.25, 0.3) is 0 Å². The third-order valence-electron chi connectivity index (χ3n) is 2.12. The summed E-state index contributed by atoms with van der Waals surface area (Å²) in [6, 6.07) is 0. The highest BCUT2D eigenvalue weighted by Crippen LogP contribution is 2.11. The molecule has 0 spiro atoms. The zero-order valence-corrected chi connectivity index (χ0v) is 9.08. The molecule has 0 aliphatic carbocycles. The molecule has 12 heavy (non-hydrogen) atoms. The van der Waals surface area contributed by atoms with Crippen LogP contribution in [0.3, 0.4) is 0 Å². The monoisotopic (exact) mass is 189 g/mol. The van der Waals surface area contributed by atoms with E-state index in [1.165, 1.54) is 44.9 Å². The van der Waals surface area contributed by atoms with Crippen molar-refractivity contribution in [1.29, 1.82) is 0 Å². The summed E-state index contributed by atoms with van der Waals surface area (Å²) in [5.74, 6) is 0. The lowest BCUT2D eigenvalue weighted by molar-refractivity contribution is 0.578. The van der Waals surface area contributed by atoms with Crippen molar-refractivity contribution in [2.24, 2.45) is 0 Å². The maximum absolute atomic E-state index is 5.73. The minimum absolute atomic E-state index is 0.126. The van der Waals surface area contributed by atoms with Crippen LogP contribution in [-0.2, 0) is 0 Å². The van der Waals surface area contributed by atoms with E-state index in [-0.39, 0.29) is 5.38 Å². The van der Waals surface area contributed by atoms with E-state index in [0.717, 1.165) is 6.42 Å². The number of hydrogen-bond donors (Lipinski definition) is 0. The predicted octanol–water partition coefficient (Wildman–Crippen LogP) is 4.57. The van der Waals surface area contributed by atoms with E-state index >= 15 is 0 Å². The minimum atomic E-state index is 0.126. The molecule has 1 radical (unpaired) electrons. The Morgan fingerprint density at radius 2 is 1.50 bits per heavy atom. The normalized spacial score (nSPS) is 13.2. The van der Waals surface area contributed by atoms with E-state index in [9.17, 15) is 0 Å². The molecule has 0 amide bonds. The highest BCUT2D eigenvalue weighted by Gasteiger charge is 1.95. The van der Waals surface area contributed by atoms with Gasteiger partial charge in [-0.15, -0.1) is 11.6 Å². The third kappa shape index (κ3) is 10.3. The Morgan fingerprint density at radius 1 is 1.00 bits per heavy atom. The largest absolute Gasteiger partial charge is 0.123 e. The predicted molar refractivity (Wildman–Crippen MR) is 57.6 cm³/mol. The molecule has 0 aliphatic heterocycles. The summed E-state index contributed by atoms with van der Waals surface area (Å²) in [6.45, 7) is 6.00. The molecule has 0 nitrogen and oxygen atoms in total. The lowest BCUT2D eigenvalue weighted by atomic mass is 10.1. The summed E-state index contributed by atoms with van der Waals surface area (Å²) in [6.07, 6.45) is 10.6. The van der Waals surface area contributed by atoms with E-state index in [4.69, 9.17) is 11.6 Å². The number of halogens is 1. The lowest BCUT2D eigenvalue weighted by Gasteiger charge is -2.02. The van der Waals surface area contributed by atoms with E-state index in [2.05, 4.69) is 13.8 Å². The molecule has 0 fully saturated rings. The number of rotatable bonds is 8. The second kappa shape index (κ2) is 9.38. The summed E-state index contributed by atoms with van der Waals surface area (Å²) in [5.41, 5.74) is 0. The van der Waals surface area contributed by atoms with Gasteiger partial charge in [-0.1, -0.05) is 51.9 Å². The standard InChI is InChI=1S/C11H22Cl/c1-3-4-5-6-7-8-9-10-11(2)12/h11H,2-10H2,1H3. The van der Waals surface area contributed by atoms with Crippen LogP contribution in [0.5, 0.6) is 0 Å². The van der Waals surface area contributed by atoms with E-state index < -0.39 is 0 Å². The molecule has 0 rings (SSSR count). The molecule has 73 valence electrons. The topological polar surface area (TPSA) is 0 Å². The molecule has 0 aromatic rings. The molecule has 0 bridgehead atoms. The summed E-state index contributed by atoms with van der Waals surface area (Å²) in [5, 5.41) is 0.126. The van der Waals surface area contributed by atoms with Gasteiger partial charge in [0.2, 0.25) is 0 Å². The van der Waals surface area contributed by atoms with Crippen molar-refractivity contribution in [3.05, 3.63) is 6.92 Å². The Bertz CT molecular complexity index is 79.1. The van der Waals surface area contributed by atoms with Gasteiger partial charge in [-0.2, -0.15) is 0 Å². The lowest BCUT2D eigenvalue weighted by Crippen LogP contribution is -1.90. The van der Waals surface area contributed by atoms with Crippen molar-refractivity contribution in [2.75, 3.05) is 0 Å². The van der Waals surface area contributed by atoms with Crippen LogP contribution >= 0.6 is 11.6 Å². The van der Waals surface area contributed by atoms with Gasteiger partial charge in [-0.25, -0.2) is 0 Å². The second-order valence-corrected chi connectivity index (χ2v) is 4.12. The summed E-state index contributed by atoms with van der Waals surface area (Å²) in [7, 11) is 0. The van der Waals surface area contributed by atoms with E-state index in [1.54, 1.807) is 0 Å². The average molecular weight is 190 g/mol. The van der Waals surface area contributed by atoms with Gasteiger partial charge in [-0.05, 0) is 13.3 Å². The Hall–Kier alpha value is 0.290. The van der Waals surface area contributed by atoms with Crippen LogP contribution in [0.1, 0.15) is 58.3 Å². The molecular formula is C11H22Cl. The minimum Gasteiger partial charge on any atom is -0.123 e. The third-order valence-corrected chi connectivity index (χ3v) is 2.34. The van der Waals surface area contributed by atoms with Gasteiger partial charge in [0.15, 0.2) is 0 Å². The molecule has 0 saturated heterocycles. The molecule has 0 aromatic carbocycles. The first-order valence-corrected chi connectivity index (χ1v) is 5.68. The first-order chi connectivity index (χ1) is 5.77. The van der Waals surface area contributed by atoms with Crippen molar-refractivity contribution in [3.8, 4) is 0 Å². The fourth-order valence-electron chi connectivity index (χ4n) is 1.32. The zero-order chi connectivity index (χ0) is 9.23. The average Bonchev–Trinajstić information content (AvgIpc) is 2.02. The van der Waals surface area contributed by atoms with Crippen LogP contribution in [0.2, 0.25) is 0 Å². The number of hydrogen-bond acceptors (Lipinski definition) is 0. The summed E-state index contributed by atoms with van der Waals surface area (Å²) in [4.78, 5) is 0. The quantitative estimate of drug-likeness (QED) is 0.388. The summed E-state index contributed by atoms with van der Waals surface area (Å²) >= 11 is 5.73. The smallest absolute Gasteiger partial charge is 0.0336 e. The first-order valence-electron chi connectivity index (χ1n) is 5.24. The summed E-state index contributed by atoms with van der Waals surface area (Å²) < 4.78 is 0. The molecule has 0 saturated carbocycles. The molecule has 0 aromatic heterocycles. The van der Waals surface area contributed by atoms with Gasteiger partial charge < -0.3 is 0 Å². The first kappa shape index (κ1) is 12.3. The highest BCUT2D eigenvalue weighted by molar-refractivity contribution is 6.21. The second-order valence-electron chi connectivity index (χ2n) is 3.51. The Morgan fingerprint density at radius 3 is 2.00 bits per heavy atom. The number of alkyl halides is 1. The SMILES string of the molecule is [CH2]C(Cl)CCCCCCCCC. The van der Waals surface area contributed by atoms with Crippen LogP contribution in [0.4, 0.5) is 0 Å². The van der Waals surface area contributed by atoms with Crippen LogP contribution in [0, 0.1) is 6.92 Å². The van der Waals surface area contributed by atoms with Crippen LogP contribution in [0.15, 0.2) is 0 Å². The molecule has 1 unspecified atom stereocenters. The van der Waals surface area contributed by atoms with Gasteiger partial charge in [0.05, 0.1) is 0 Å². The highest BCUT2D eigenvalue weighted by atomic mass is 35.5. The van der Waals surface area contributed by atoms with Crippen molar-refractivity contribution >= 4 is 11.6 Å². The van der Waals surface area contributed by atoms with Gasteiger partial charge in [0, 0.05) is 5.38 Å². The molecular weight excluding hydrogens is 168 g/mol. The van der Waals surface area contributed by atoms with Gasteiger partial charge >= 0.3 is 0 Å². The molecule has 1 atom stereocenters. The Labute approximate surface area is 82.7 Å². The Balaban J connectivity index is 2.82. The van der Waals surface area contributed by atoms with Crippen molar-refractivity contribution in [1.82, 2.24) is 0 Å². The van der Waals surface area contributed by atoms with Crippen LogP contribution in [-0.4, -0.2) is 5.38 Å². The molecule has 0 N–H and O–H groups in total. The van der Waals surface area contributed by atoms with Crippen molar-refractivity contribution < 1.29 is 0 Å². The zero-order valence-electron chi connectivity index (χ0n) is 8.32. The fraction of sp³-hybridized carbons (Fsp3) is 0.909. The van der Waals surface area contributed by atoms with E-state index in [1.807, 2.05) is 0 Å². The van der Waals surface area contributed by atoms with Crippen LogP contribution in [0.25, 0.3) is 0 Å². The fourth-order valence-corrected chi connectivity index (χ4v) is 1.48. The van der Waals surface area contributed by atoms with Gasteiger partial charge in [0.1, 0.15) is 0 Å².